The van der Waals surface area contributed by atoms with Crippen LogP contribution in [0.1, 0.15) is 53.0 Å². The Balaban J connectivity index is 1.69. The topological polar surface area (TPSA) is 52.6 Å². The third kappa shape index (κ3) is 2.58. The lowest BCUT2D eigenvalue weighted by atomic mass is 9.64. The molecule has 1 fully saturated rings. The van der Waals surface area contributed by atoms with E-state index in [1.807, 2.05) is 18.2 Å². The van der Waals surface area contributed by atoms with Gasteiger partial charge in [0.2, 0.25) is 11.2 Å². The summed E-state index contributed by atoms with van der Waals surface area (Å²) >= 11 is 0. The van der Waals surface area contributed by atoms with Gasteiger partial charge < -0.3 is 4.74 Å². The third-order valence-corrected chi connectivity index (χ3v) is 6.58. The summed E-state index contributed by atoms with van der Waals surface area (Å²) in [5.74, 6) is 0.235. The van der Waals surface area contributed by atoms with E-state index in [1.165, 1.54) is 6.08 Å². The molecule has 0 radical (unpaired) electrons. The van der Waals surface area contributed by atoms with Gasteiger partial charge in [-0.15, -0.1) is 0 Å². The van der Waals surface area contributed by atoms with Gasteiger partial charge in [-0.2, -0.15) is 0 Å². The second kappa shape index (κ2) is 5.83. The van der Waals surface area contributed by atoms with Gasteiger partial charge in [-0.05, 0) is 47.9 Å². The molecule has 1 heterocycles. The molecule has 0 N–H and O–H groups in total. The minimum atomic E-state index is -0.288. The van der Waals surface area contributed by atoms with Gasteiger partial charge in [0.15, 0.2) is 0 Å². The monoisotopic (exact) mass is 330 g/mol. The molecule has 0 amide bonds. The van der Waals surface area contributed by atoms with Gasteiger partial charge in [0.05, 0.1) is 0 Å². The van der Waals surface area contributed by atoms with E-state index in [9.17, 15) is 4.79 Å². The first-order chi connectivity index (χ1) is 11.3. The first kappa shape index (κ1) is 16.9. The van der Waals surface area contributed by atoms with Crippen LogP contribution in [0.15, 0.2) is 33.4 Å². The van der Waals surface area contributed by atoms with Crippen molar-refractivity contribution < 1.29 is 18.7 Å². The molecule has 1 saturated carbocycles. The van der Waals surface area contributed by atoms with Crippen LogP contribution in [0, 0.1) is 16.7 Å². The largest absolute Gasteiger partial charge is 0.459 e. The Hall–Kier alpha value is -1.97. The van der Waals surface area contributed by atoms with Crippen molar-refractivity contribution >= 4 is 23.2 Å². The third-order valence-electron chi connectivity index (χ3n) is 6.58. The minimum Gasteiger partial charge on any atom is -0.459 e. The Labute approximate surface area is 142 Å². The quantitative estimate of drug-likeness (QED) is 0.426. The van der Waals surface area contributed by atoms with Crippen molar-refractivity contribution in [3.63, 3.8) is 0 Å². The molecule has 0 aliphatic heterocycles. The number of carbonyl (C=O) groups is 1. The number of fused-ring (bicyclic) bond motifs is 1. The number of benzene rings is 1. The smallest absolute Gasteiger partial charge is 0.331 e. The Kier molecular flexibility index (Phi) is 4.10. The van der Waals surface area contributed by atoms with E-state index < -0.39 is 0 Å². The zero-order valence-corrected chi connectivity index (χ0v) is 15.1. The molecule has 0 spiro atoms. The molecule has 1 aliphatic carbocycles. The van der Waals surface area contributed by atoms with Crippen molar-refractivity contribution in [3.8, 4) is 0 Å². The maximum absolute atomic E-state index is 12.3. The van der Waals surface area contributed by atoms with Crippen LogP contribution in [0.2, 0.25) is 0 Å². The van der Waals surface area contributed by atoms with Crippen molar-refractivity contribution in [1.29, 1.82) is 0 Å². The van der Waals surface area contributed by atoms with E-state index in [2.05, 4.69) is 34.6 Å². The van der Waals surface area contributed by atoms with E-state index in [1.54, 1.807) is 6.08 Å². The molecular weight excluding hydrogens is 304 g/mol. The fourth-order valence-electron chi connectivity index (χ4n) is 3.88. The van der Waals surface area contributed by atoms with Crippen LogP contribution in [0.5, 0.6) is 0 Å². The van der Waals surface area contributed by atoms with Gasteiger partial charge >= 0.3 is 5.97 Å². The van der Waals surface area contributed by atoms with E-state index in [0.29, 0.717) is 11.5 Å². The van der Waals surface area contributed by atoms with E-state index >= 15 is 0 Å². The molecule has 1 aromatic heterocycles. The highest BCUT2D eigenvalue weighted by atomic mass is 17.0. The maximum atomic E-state index is 12.3. The molecule has 3 rings (SSSR count). The summed E-state index contributed by atoms with van der Waals surface area (Å²) < 4.78 is 15.5. The number of esters is 1. The lowest BCUT2D eigenvalue weighted by Crippen LogP contribution is -2.40. The molecular formula is C20H26O4. The molecule has 3 unspecified atom stereocenters. The first-order valence-electron chi connectivity index (χ1n) is 8.65. The Bertz CT molecular complexity index is 764. The molecule has 3 atom stereocenters. The second-order valence-electron chi connectivity index (χ2n) is 7.76. The summed E-state index contributed by atoms with van der Waals surface area (Å²) in [6, 6.07) is 5.53. The van der Waals surface area contributed by atoms with Crippen LogP contribution in [-0.2, 0) is 9.53 Å². The number of carbonyl (C=O) groups excluding carboxylic acids is 1. The minimum absolute atomic E-state index is 0.00323. The highest BCUT2D eigenvalue weighted by molar-refractivity contribution is 5.88. The SMILES string of the molecule is CCC1(C)C(OC(=O)/C=C/c2ccc3ooc3c2)CC(C)C1(C)C. The van der Waals surface area contributed by atoms with Crippen LogP contribution in [0.25, 0.3) is 17.2 Å². The number of hydrogen-bond acceptors (Lipinski definition) is 4. The molecule has 2 aromatic rings. The van der Waals surface area contributed by atoms with Crippen molar-refractivity contribution in [2.24, 2.45) is 16.7 Å². The first-order valence-corrected chi connectivity index (χ1v) is 8.65. The normalized spacial score (nSPS) is 29.5. The number of ether oxygens (including phenoxy) is 1. The van der Waals surface area contributed by atoms with Crippen molar-refractivity contribution in [2.75, 3.05) is 0 Å². The van der Waals surface area contributed by atoms with Crippen LogP contribution in [0.4, 0.5) is 0 Å². The maximum Gasteiger partial charge on any atom is 0.331 e. The molecule has 0 saturated heterocycles. The van der Waals surface area contributed by atoms with Gasteiger partial charge in [-0.1, -0.05) is 40.7 Å². The van der Waals surface area contributed by atoms with Crippen LogP contribution < -0.4 is 0 Å². The van der Waals surface area contributed by atoms with Crippen LogP contribution in [-0.4, -0.2) is 12.1 Å². The Morgan fingerprint density at radius 2 is 2.00 bits per heavy atom. The standard InChI is InChI=1S/C20H26O4/c1-6-20(5)17(11-13(2)19(20,3)4)22-18(21)10-8-14-7-9-15-16(12-14)24-23-15/h7-10,12-13,17H,6,11H2,1-5H3/b10-8+. The molecule has 4 nitrogen and oxygen atoms in total. The summed E-state index contributed by atoms with van der Waals surface area (Å²) in [7, 11) is 0. The molecule has 1 aliphatic rings. The van der Waals surface area contributed by atoms with E-state index in [0.717, 1.165) is 24.0 Å². The van der Waals surface area contributed by atoms with E-state index in [-0.39, 0.29) is 22.9 Å². The second-order valence-corrected chi connectivity index (χ2v) is 7.76. The van der Waals surface area contributed by atoms with Gasteiger partial charge in [-0.25, -0.2) is 4.79 Å². The molecule has 4 heteroatoms. The summed E-state index contributed by atoms with van der Waals surface area (Å²) in [5, 5.41) is 0. The fraction of sp³-hybridized carbons (Fsp3) is 0.550. The van der Waals surface area contributed by atoms with Crippen LogP contribution in [0.3, 0.4) is 0 Å². The number of rotatable bonds is 4. The molecule has 1 aromatic carbocycles. The average molecular weight is 330 g/mol. The van der Waals surface area contributed by atoms with Crippen LogP contribution >= 0.6 is 0 Å². The van der Waals surface area contributed by atoms with Crippen molar-refractivity contribution in [3.05, 3.63) is 29.8 Å². The summed E-state index contributed by atoms with van der Waals surface area (Å²) in [6.07, 6.45) is 5.11. The zero-order chi connectivity index (χ0) is 17.5. The van der Waals surface area contributed by atoms with Gasteiger partial charge in [-0.3, -0.25) is 9.15 Å². The van der Waals surface area contributed by atoms with Gasteiger partial charge in [0.1, 0.15) is 6.10 Å². The van der Waals surface area contributed by atoms with Crippen molar-refractivity contribution in [1.82, 2.24) is 0 Å². The Morgan fingerprint density at radius 1 is 1.29 bits per heavy atom. The predicted molar refractivity (Wildman–Crippen MR) is 93.4 cm³/mol. The molecule has 0 bridgehead atoms. The highest BCUT2D eigenvalue weighted by Gasteiger charge is 2.56. The molecule has 24 heavy (non-hydrogen) atoms. The highest BCUT2D eigenvalue weighted by Crippen LogP contribution is 2.58. The fourth-order valence-corrected chi connectivity index (χ4v) is 3.88. The lowest BCUT2D eigenvalue weighted by Gasteiger charge is -2.42. The summed E-state index contributed by atoms with van der Waals surface area (Å²) in [5.41, 5.74) is 2.44. The lowest BCUT2D eigenvalue weighted by molar-refractivity contribution is -0.150. The predicted octanol–water partition coefficient (Wildman–Crippen LogP) is 5.43. The average Bonchev–Trinajstić information content (AvgIpc) is 2.68. The Morgan fingerprint density at radius 3 is 2.58 bits per heavy atom. The van der Waals surface area contributed by atoms with E-state index in [4.69, 9.17) is 13.9 Å². The van der Waals surface area contributed by atoms with Gasteiger partial charge in [0, 0.05) is 11.5 Å². The zero-order valence-electron chi connectivity index (χ0n) is 15.1. The van der Waals surface area contributed by atoms with Gasteiger partial charge in [0.25, 0.3) is 0 Å². The number of hydrogen-bond donors (Lipinski definition) is 0. The molecule has 130 valence electrons. The summed E-state index contributed by atoms with van der Waals surface area (Å²) in [6.45, 7) is 11.2. The summed E-state index contributed by atoms with van der Waals surface area (Å²) in [4.78, 5) is 12.3. The van der Waals surface area contributed by atoms with Crippen molar-refractivity contribution in [2.45, 2.75) is 53.6 Å².